The van der Waals surface area contributed by atoms with E-state index >= 15 is 0 Å². The average molecular weight is 733 g/mol. The molecule has 1 saturated carbocycles. The maximum atomic E-state index is 7.65. The van der Waals surface area contributed by atoms with E-state index < -0.39 is 0 Å². The molecule has 0 unspecified atom stereocenters. The molecule has 0 radical (unpaired) electrons. The van der Waals surface area contributed by atoms with Gasteiger partial charge >= 0.3 is 0 Å². The molecule has 11 rings (SSSR count). The molecule has 2 aromatic heterocycles. The average Bonchev–Trinajstić information content (AvgIpc) is 3.78. The van der Waals surface area contributed by atoms with Gasteiger partial charge in [-0.25, -0.2) is 19.8 Å². The second-order valence-electron chi connectivity index (χ2n) is 15.4. The minimum absolute atomic E-state index is 0.0303. The van der Waals surface area contributed by atoms with Crippen molar-refractivity contribution in [3.8, 4) is 67.5 Å². The molecule has 0 atom stereocenters. The van der Waals surface area contributed by atoms with Gasteiger partial charge in [-0.3, -0.25) is 0 Å². The lowest BCUT2D eigenvalue weighted by Crippen LogP contribution is -2.28. The van der Waals surface area contributed by atoms with E-state index in [1.165, 1.54) is 52.6 Å². The maximum absolute atomic E-state index is 7.65. The Morgan fingerprint density at radius 1 is 0.439 bits per heavy atom. The van der Waals surface area contributed by atoms with Crippen molar-refractivity contribution in [1.29, 1.82) is 0 Å². The lowest BCUT2D eigenvalue weighted by molar-refractivity contribution is 0.353. The quantitative estimate of drug-likeness (QED) is 0.165. The van der Waals surface area contributed by atoms with E-state index in [2.05, 4.69) is 95.8 Å². The summed E-state index contributed by atoms with van der Waals surface area (Å²) in [6, 6.07) is 55.1. The van der Waals surface area contributed by atoms with Crippen LogP contribution in [0.25, 0.3) is 94.3 Å². The van der Waals surface area contributed by atoms with Crippen LogP contribution in [-0.2, 0) is 5.41 Å². The molecule has 270 valence electrons. The van der Waals surface area contributed by atoms with Gasteiger partial charge in [0.25, 0.3) is 0 Å². The lowest BCUT2D eigenvalue weighted by Gasteiger charge is -2.36. The molecule has 5 nitrogen and oxygen atoms in total. The Labute approximate surface area is 331 Å². The van der Waals surface area contributed by atoms with E-state index in [1.54, 1.807) is 0 Å². The molecule has 0 saturated heterocycles. The van der Waals surface area contributed by atoms with E-state index in [4.69, 9.17) is 25.9 Å². The Balaban J connectivity index is 0.947. The van der Waals surface area contributed by atoms with Gasteiger partial charge in [0.15, 0.2) is 23.2 Å². The molecule has 2 heterocycles. The molecule has 2 aliphatic carbocycles. The molecule has 1 fully saturated rings. The highest BCUT2D eigenvalue weighted by Gasteiger charge is 2.43. The molecule has 0 amide bonds. The summed E-state index contributed by atoms with van der Waals surface area (Å²) in [7, 11) is 0. The zero-order chi connectivity index (χ0) is 37.9. The minimum atomic E-state index is 0.0303. The number of furan rings is 1. The largest absolute Gasteiger partial charge is 0.456 e. The van der Waals surface area contributed by atoms with Gasteiger partial charge in [-0.1, -0.05) is 135 Å². The van der Waals surface area contributed by atoms with Gasteiger partial charge in [-0.15, -0.1) is 0 Å². The van der Waals surface area contributed by atoms with Gasteiger partial charge < -0.3 is 4.42 Å². The predicted octanol–water partition coefficient (Wildman–Crippen LogP) is 13.9. The molecule has 5 heteroatoms. The molecule has 9 aromatic rings. The standard InChI is InChI=1S/C52H36N4O/c1-53-40-23-25-45-43(32-40)41-24-21-38(31-46(41)52(45)27-8-3-9-28-52)37-14-10-13-36(29-37)33-17-19-35(20-18-33)50-54-49(34-11-4-2-5-12-34)55-51(56-50)39-22-26-48-44(30-39)42-15-6-7-16-47(42)57-48/h2,4-7,10-26,29-32H,3,8-9,27-28H2. The number of nitrogens with zero attached hydrogens (tertiary/aromatic N) is 4. The van der Waals surface area contributed by atoms with Crippen LogP contribution >= 0.6 is 0 Å². The van der Waals surface area contributed by atoms with Gasteiger partial charge in [0.2, 0.25) is 0 Å². The maximum Gasteiger partial charge on any atom is 0.187 e. The van der Waals surface area contributed by atoms with Gasteiger partial charge in [-0.05, 0) is 99.8 Å². The van der Waals surface area contributed by atoms with Crippen molar-refractivity contribution in [1.82, 2.24) is 15.0 Å². The van der Waals surface area contributed by atoms with Crippen molar-refractivity contribution in [2.75, 3.05) is 0 Å². The molecule has 0 bridgehead atoms. The number of hydrogen-bond donors (Lipinski definition) is 0. The fraction of sp³-hybridized carbons (Fsp3) is 0.115. The van der Waals surface area contributed by atoms with Crippen LogP contribution in [0.2, 0.25) is 0 Å². The van der Waals surface area contributed by atoms with Crippen LogP contribution < -0.4 is 0 Å². The number of rotatable bonds is 5. The highest BCUT2D eigenvalue weighted by atomic mass is 16.3. The fourth-order valence-corrected chi connectivity index (χ4v) is 9.34. The zero-order valence-corrected chi connectivity index (χ0v) is 31.2. The summed E-state index contributed by atoms with van der Waals surface area (Å²) in [4.78, 5) is 18.8. The number of fused-ring (bicyclic) bond motifs is 8. The van der Waals surface area contributed by atoms with Crippen LogP contribution in [0, 0.1) is 6.57 Å². The summed E-state index contributed by atoms with van der Waals surface area (Å²) >= 11 is 0. The molecule has 0 aliphatic heterocycles. The van der Waals surface area contributed by atoms with E-state index in [0.29, 0.717) is 23.2 Å². The Morgan fingerprint density at radius 2 is 1.05 bits per heavy atom. The first kappa shape index (κ1) is 33.2. The van der Waals surface area contributed by atoms with E-state index in [9.17, 15) is 0 Å². The topological polar surface area (TPSA) is 56.2 Å². The smallest absolute Gasteiger partial charge is 0.187 e. The molecule has 1 spiro atoms. The molecular weight excluding hydrogens is 697 g/mol. The third-order valence-electron chi connectivity index (χ3n) is 12.2. The summed E-state index contributed by atoms with van der Waals surface area (Å²) in [6.45, 7) is 7.65. The van der Waals surface area contributed by atoms with Crippen molar-refractivity contribution in [3.05, 3.63) is 180 Å². The van der Waals surface area contributed by atoms with E-state index in [1.807, 2.05) is 66.7 Å². The first-order chi connectivity index (χ1) is 28.1. The summed E-state index contributed by atoms with van der Waals surface area (Å²) in [5.41, 5.74) is 15.3. The van der Waals surface area contributed by atoms with Crippen molar-refractivity contribution in [2.45, 2.75) is 37.5 Å². The van der Waals surface area contributed by atoms with E-state index in [-0.39, 0.29) is 5.41 Å². The van der Waals surface area contributed by atoms with Crippen LogP contribution in [0.15, 0.2) is 162 Å². The minimum Gasteiger partial charge on any atom is -0.456 e. The molecule has 0 N–H and O–H groups in total. The third kappa shape index (κ3) is 5.56. The zero-order valence-electron chi connectivity index (χ0n) is 31.2. The summed E-state index contributed by atoms with van der Waals surface area (Å²) in [5.74, 6) is 1.86. The van der Waals surface area contributed by atoms with Crippen LogP contribution in [0.4, 0.5) is 5.69 Å². The summed E-state index contributed by atoms with van der Waals surface area (Å²) in [6.07, 6.45) is 6.07. The first-order valence-electron chi connectivity index (χ1n) is 19.7. The Morgan fingerprint density at radius 3 is 1.84 bits per heavy atom. The second kappa shape index (κ2) is 13.3. The first-order valence-corrected chi connectivity index (χ1v) is 19.7. The van der Waals surface area contributed by atoms with E-state index in [0.717, 1.165) is 62.6 Å². The number of para-hydroxylation sites is 1. The Bertz CT molecular complexity index is 3060. The molecule has 57 heavy (non-hydrogen) atoms. The summed E-state index contributed by atoms with van der Waals surface area (Å²) < 4.78 is 6.11. The van der Waals surface area contributed by atoms with Crippen molar-refractivity contribution >= 4 is 27.6 Å². The van der Waals surface area contributed by atoms with Crippen LogP contribution in [0.3, 0.4) is 0 Å². The van der Waals surface area contributed by atoms with Gasteiger partial charge in [-0.2, -0.15) is 0 Å². The second-order valence-corrected chi connectivity index (χ2v) is 15.4. The van der Waals surface area contributed by atoms with Crippen LogP contribution in [-0.4, -0.2) is 15.0 Å². The Kier molecular flexibility index (Phi) is 7.72. The molecule has 7 aromatic carbocycles. The molecular formula is C52H36N4O. The predicted molar refractivity (Wildman–Crippen MR) is 230 cm³/mol. The Hall–Kier alpha value is -7.16. The number of aromatic nitrogens is 3. The third-order valence-corrected chi connectivity index (χ3v) is 12.2. The van der Waals surface area contributed by atoms with Crippen molar-refractivity contribution in [3.63, 3.8) is 0 Å². The van der Waals surface area contributed by atoms with Gasteiger partial charge in [0.05, 0.1) is 6.57 Å². The number of hydrogen-bond acceptors (Lipinski definition) is 4. The normalized spacial score (nSPS) is 14.1. The van der Waals surface area contributed by atoms with Crippen LogP contribution in [0.5, 0.6) is 0 Å². The SMILES string of the molecule is [C-]#[N+]c1ccc2c(c1)-c1ccc(-c3cccc(-c4ccc(-c5nc(-c6ccccc6)nc(-c6ccc7oc8ccccc8c7c6)n5)cc4)c3)cc1C21CCCCC1. The summed E-state index contributed by atoms with van der Waals surface area (Å²) in [5, 5.41) is 2.10. The fourth-order valence-electron chi connectivity index (χ4n) is 9.34. The highest BCUT2D eigenvalue weighted by Crippen LogP contribution is 2.57. The molecule has 2 aliphatic rings. The van der Waals surface area contributed by atoms with Crippen molar-refractivity contribution in [2.24, 2.45) is 0 Å². The number of benzene rings is 7. The van der Waals surface area contributed by atoms with Crippen LogP contribution in [0.1, 0.15) is 43.2 Å². The van der Waals surface area contributed by atoms with Gasteiger partial charge in [0.1, 0.15) is 11.2 Å². The monoisotopic (exact) mass is 732 g/mol. The van der Waals surface area contributed by atoms with Gasteiger partial charge in [0, 0.05) is 32.9 Å². The lowest BCUT2D eigenvalue weighted by atomic mass is 9.67. The van der Waals surface area contributed by atoms with Crippen molar-refractivity contribution < 1.29 is 4.42 Å². The highest BCUT2D eigenvalue weighted by molar-refractivity contribution is 6.06.